The van der Waals surface area contributed by atoms with Gasteiger partial charge in [-0.05, 0) is 53.4 Å². The maximum absolute atomic E-state index is 12.1. The number of rotatable bonds is 7. The summed E-state index contributed by atoms with van der Waals surface area (Å²) in [6.45, 7) is 2.75. The number of nitrogen functional groups attached to an aromatic ring is 1. The molecule has 0 saturated carbocycles. The van der Waals surface area contributed by atoms with E-state index >= 15 is 0 Å². The van der Waals surface area contributed by atoms with Crippen LogP contribution in [0.4, 0.5) is 11.4 Å². The molecule has 1 amide bonds. The Morgan fingerprint density at radius 3 is 2.49 bits per heavy atom. The quantitative estimate of drug-likeness (QED) is 0.369. The number of nitrogens with two attached hydrogens (primary N) is 2. The highest BCUT2D eigenvalue weighted by Crippen LogP contribution is 2.33. The molecule has 4 N–H and O–H groups in total. The smallest absolute Gasteiger partial charge is 0.249 e. The van der Waals surface area contributed by atoms with Crippen LogP contribution in [-0.4, -0.2) is 17.9 Å². The Hall–Kier alpha value is -4.63. The highest BCUT2D eigenvalue weighted by Gasteiger charge is 2.17. The van der Waals surface area contributed by atoms with Crippen LogP contribution < -0.4 is 16.4 Å². The monoisotopic (exact) mass is 461 g/mol. The predicted molar refractivity (Wildman–Crippen MR) is 141 cm³/mol. The van der Waals surface area contributed by atoms with Gasteiger partial charge in [-0.2, -0.15) is 5.26 Å². The van der Waals surface area contributed by atoms with Gasteiger partial charge in [-0.25, -0.2) is 0 Å². The topological polar surface area (TPSA) is 109 Å². The zero-order valence-corrected chi connectivity index (χ0v) is 19.8. The molecule has 0 fully saturated rings. The normalized spacial score (nSPS) is 10.5. The van der Waals surface area contributed by atoms with Crippen molar-refractivity contribution in [1.82, 2.24) is 4.98 Å². The van der Waals surface area contributed by atoms with Gasteiger partial charge in [0.25, 0.3) is 0 Å². The molecular formula is C29H27N5O. The molecule has 1 heterocycles. The number of primary amides is 1. The second kappa shape index (κ2) is 10.1. The van der Waals surface area contributed by atoms with Gasteiger partial charge in [-0.15, -0.1) is 0 Å². The van der Waals surface area contributed by atoms with Crippen LogP contribution in [0.15, 0.2) is 79.0 Å². The fraction of sp³-hybridized carbons (Fsp3) is 0.138. The molecule has 1 aromatic heterocycles. The fourth-order valence-electron chi connectivity index (χ4n) is 4.32. The van der Waals surface area contributed by atoms with E-state index in [-0.39, 0.29) is 0 Å². The van der Waals surface area contributed by atoms with Gasteiger partial charge in [0, 0.05) is 47.9 Å². The minimum Gasteiger partial charge on any atom is -0.398 e. The summed E-state index contributed by atoms with van der Waals surface area (Å²) in [4.78, 5) is 18.9. The highest BCUT2D eigenvalue weighted by molar-refractivity contribution is 6.02. The average Bonchev–Trinajstić information content (AvgIpc) is 2.88. The van der Waals surface area contributed by atoms with Crippen molar-refractivity contribution < 1.29 is 4.79 Å². The Morgan fingerprint density at radius 2 is 1.77 bits per heavy atom. The lowest BCUT2D eigenvalue weighted by Crippen LogP contribution is -2.18. The van der Waals surface area contributed by atoms with Crippen molar-refractivity contribution in [3.05, 3.63) is 101 Å². The molecule has 4 aromatic rings. The first kappa shape index (κ1) is 23.5. The number of benzene rings is 3. The zero-order chi connectivity index (χ0) is 24.9. The maximum atomic E-state index is 12.1. The van der Waals surface area contributed by atoms with Crippen molar-refractivity contribution in [1.29, 1.82) is 5.26 Å². The van der Waals surface area contributed by atoms with Crippen molar-refractivity contribution >= 4 is 17.3 Å². The number of hydrogen-bond donors (Lipinski definition) is 2. The number of anilines is 2. The van der Waals surface area contributed by atoms with Crippen LogP contribution in [0.3, 0.4) is 0 Å². The van der Waals surface area contributed by atoms with Gasteiger partial charge in [0.05, 0.1) is 11.3 Å². The molecule has 0 aliphatic carbocycles. The largest absolute Gasteiger partial charge is 0.398 e. The Morgan fingerprint density at radius 1 is 1.03 bits per heavy atom. The van der Waals surface area contributed by atoms with E-state index in [4.69, 9.17) is 11.5 Å². The van der Waals surface area contributed by atoms with Gasteiger partial charge in [-0.1, -0.05) is 49.4 Å². The van der Waals surface area contributed by atoms with Crippen molar-refractivity contribution in [3.63, 3.8) is 0 Å². The number of aromatic nitrogens is 1. The SMILES string of the molecule is CCc1ccccc1N(C)Cc1cnc(-c2ccc(C(N)=O)c(-c3ccccc3N)c2)c(C#N)c1. The van der Waals surface area contributed by atoms with Gasteiger partial charge in [0.2, 0.25) is 5.91 Å². The summed E-state index contributed by atoms with van der Waals surface area (Å²) < 4.78 is 0. The van der Waals surface area contributed by atoms with Gasteiger partial charge < -0.3 is 16.4 Å². The standard InChI is InChI=1S/C29H27N5O/c1-3-20-8-4-7-11-27(20)34(2)18-19-14-22(16-30)28(33-17-19)21-12-13-24(29(32)35)25(15-21)23-9-5-6-10-26(23)31/h4-15,17H,3,18,31H2,1-2H3,(H2,32,35). The van der Waals surface area contributed by atoms with E-state index in [1.165, 1.54) is 5.56 Å². The number of nitriles is 1. The minimum absolute atomic E-state index is 0.359. The predicted octanol–water partition coefficient (Wildman–Crippen LogP) is 5.17. The third-order valence-electron chi connectivity index (χ3n) is 6.08. The summed E-state index contributed by atoms with van der Waals surface area (Å²) in [5.41, 5.74) is 19.1. The van der Waals surface area contributed by atoms with E-state index < -0.39 is 5.91 Å². The number of amides is 1. The molecule has 0 bridgehead atoms. The Labute approximate surface area is 205 Å². The Kier molecular flexibility index (Phi) is 6.79. The number of nitrogens with zero attached hydrogens (tertiary/aromatic N) is 3. The summed E-state index contributed by atoms with van der Waals surface area (Å²) >= 11 is 0. The maximum Gasteiger partial charge on any atom is 0.249 e. The fourth-order valence-corrected chi connectivity index (χ4v) is 4.32. The molecule has 0 atom stereocenters. The molecular weight excluding hydrogens is 434 g/mol. The van der Waals surface area contributed by atoms with E-state index in [0.29, 0.717) is 45.7 Å². The summed E-state index contributed by atoms with van der Waals surface area (Å²) in [7, 11) is 2.04. The zero-order valence-electron chi connectivity index (χ0n) is 19.8. The molecule has 35 heavy (non-hydrogen) atoms. The van der Waals surface area contributed by atoms with Crippen molar-refractivity contribution in [2.75, 3.05) is 17.7 Å². The highest BCUT2D eigenvalue weighted by atomic mass is 16.1. The lowest BCUT2D eigenvalue weighted by atomic mass is 9.93. The molecule has 0 radical (unpaired) electrons. The average molecular weight is 462 g/mol. The summed E-state index contributed by atoms with van der Waals surface area (Å²) in [5.74, 6) is -0.547. The number of hydrogen-bond acceptors (Lipinski definition) is 5. The van der Waals surface area contributed by atoms with Crippen LogP contribution in [0.5, 0.6) is 0 Å². The summed E-state index contributed by atoms with van der Waals surface area (Å²) in [6.07, 6.45) is 2.73. The van der Waals surface area contributed by atoms with E-state index in [2.05, 4.69) is 35.0 Å². The first-order valence-electron chi connectivity index (χ1n) is 11.4. The van der Waals surface area contributed by atoms with E-state index in [1.807, 2.05) is 49.5 Å². The lowest BCUT2D eigenvalue weighted by molar-refractivity contribution is 0.100. The minimum atomic E-state index is -0.547. The molecule has 0 aliphatic heterocycles. The van der Waals surface area contributed by atoms with E-state index in [1.54, 1.807) is 24.4 Å². The summed E-state index contributed by atoms with van der Waals surface area (Å²) in [6, 6.07) is 25.0. The number of carbonyl (C=O) groups is 1. The van der Waals surface area contributed by atoms with Gasteiger partial charge in [-0.3, -0.25) is 9.78 Å². The first-order valence-corrected chi connectivity index (χ1v) is 11.4. The van der Waals surface area contributed by atoms with Gasteiger partial charge in [0.1, 0.15) is 6.07 Å². The van der Waals surface area contributed by atoms with Gasteiger partial charge in [0.15, 0.2) is 0 Å². The third kappa shape index (κ3) is 4.85. The van der Waals surface area contributed by atoms with Crippen LogP contribution >= 0.6 is 0 Å². The number of pyridine rings is 1. The molecule has 0 aliphatic rings. The molecule has 3 aromatic carbocycles. The molecule has 0 saturated heterocycles. The molecule has 6 heteroatoms. The number of aryl methyl sites for hydroxylation is 1. The molecule has 4 rings (SSSR count). The number of para-hydroxylation sites is 2. The molecule has 0 unspecified atom stereocenters. The van der Waals surface area contributed by atoms with Crippen LogP contribution in [-0.2, 0) is 13.0 Å². The molecule has 0 spiro atoms. The Bertz CT molecular complexity index is 1440. The molecule has 174 valence electrons. The first-order chi connectivity index (χ1) is 16.9. The van der Waals surface area contributed by atoms with Crippen LogP contribution in [0, 0.1) is 11.3 Å². The summed E-state index contributed by atoms with van der Waals surface area (Å²) in [5, 5.41) is 9.91. The van der Waals surface area contributed by atoms with Crippen molar-refractivity contribution in [2.24, 2.45) is 5.73 Å². The van der Waals surface area contributed by atoms with Crippen LogP contribution in [0.25, 0.3) is 22.4 Å². The Balaban J connectivity index is 1.72. The second-order valence-electron chi connectivity index (χ2n) is 8.40. The lowest BCUT2D eigenvalue weighted by Gasteiger charge is -2.22. The van der Waals surface area contributed by atoms with Crippen LogP contribution in [0.2, 0.25) is 0 Å². The van der Waals surface area contributed by atoms with Gasteiger partial charge >= 0.3 is 0 Å². The third-order valence-corrected chi connectivity index (χ3v) is 6.08. The van der Waals surface area contributed by atoms with E-state index in [0.717, 1.165) is 17.7 Å². The van der Waals surface area contributed by atoms with Crippen LogP contribution in [0.1, 0.15) is 34.0 Å². The molecule has 6 nitrogen and oxygen atoms in total. The second-order valence-corrected chi connectivity index (χ2v) is 8.40. The van der Waals surface area contributed by atoms with Crippen molar-refractivity contribution in [2.45, 2.75) is 19.9 Å². The van der Waals surface area contributed by atoms with Crippen molar-refractivity contribution in [3.8, 4) is 28.5 Å². The van der Waals surface area contributed by atoms with E-state index in [9.17, 15) is 10.1 Å². The number of carbonyl (C=O) groups excluding carboxylic acids is 1.